The minimum atomic E-state index is -4.69. The summed E-state index contributed by atoms with van der Waals surface area (Å²) < 4.78 is 41.0. The number of amides is 1. The van der Waals surface area contributed by atoms with Crippen LogP contribution in [0.3, 0.4) is 0 Å². The monoisotopic (exact) mass is 526 g/mol. The Labute approximate surface area is 215 Å². The largest absolute Gasteiger partial charge is 0.418 e. The van der Waals surface area contributed by atoms with Crippen LogP contribution < -0.4 is 15.1 Å². The van der Waals surface area contributed by atoms with Gasteiger partial charge in [-0.2, -0.15) is 13.2 Å². The molecule has 2 N–H and O–H groups in total. The number of anilines is 3. The fourth-order valence-electron chi connectivity index (χ4n) is 4.23. The van der Waals surface area contributed by atoms with Crippen molar-refractivity contribution < 1.29 is 18.0 Å². The van der Waals surface area contributed by atoms with Crippen molar-refractivity contribution in [3.8, 4) is 11.3 Å². The third-order valence-corrected chi connectivity index (χ3v) is 6.38. The molecule has 4 aromatic rings. The van der Waals surface area contributed by atoms with Crippen LogP contribution in [-0.2, 0) is 6.18 Å². The molecule has 7 nitrogen and oxygen atoms in total. The summed E-state index contributed by atoms with van der Waals surface area (Å²) in [7, 11) is 0. The number of pyridine rings is 2. The topological polar surface area (TPSA) is 77.2 Å². The van der Waals surface area contributed by atoms with Gasteiger partial charge >= 0.3 is 6.18 Å². The third kappa shape index (κ3) is 5.39. The van der Waals surface area contributed by atoms with Gasteiger partial charge in [0.05, 0.1) is 22.5 Å². The summed E-state index contributed by atoms with van der Waals surface area (Å²) in [6.07, 6.45) is -1.56. The first-order chi connectivity index (χ1) is 17.8. The quantitative estimate of drug-likeness (QED) is 0.348. The lowest BCUT2D eigenvalue weighted by Gasteiger charge is -2.36. The summed E-state index contributed by atoms with van der Waals surface area (Å²) in [5.41, 5.74) is -0.545. The molecule has 1 aromatic carbocycles. The van der Waals surface area contributed by atoms with Crippen molar-refractivity contribution in [2.45, 2.75) is 6.18 Å². The van der Waals surface area contributed by atoms with E-state index in [9.17, 15) is 18.0 Å². The van der Waals surface area contributed by atoms with E-state index >= 15 is 0 Å². The molecule has 0 saturated carbocycles. The van der Waals surface area contributed by atoms with Gasteiger partial charge in [0.15, 0.2) is 0 Å². The molecule has 5 rings (SSSR count). The van der Waals surface area contributed by atoms with Crippen molar-refractivity contribution >= 4 is 34.8 Å². The van der Waals surface area contributed by atoms with E-state index in [0.717, 1.165) is 11.9 Å². The van der Waals surface area contributed by atoms with Crippen molar-refractivity contribution in [3.63, 3.8) is 0 Å². The molecule has 1 aliphatic heterocycles. The number of piperazine rings is 1. The van der Waals surface area contributed by atoms with E-state index in [4.69, 9.17) is 11.6 Å². The molecule has 0 atom stereocenters. The molecule has 37 heavy (non-hydrogen) atoms. The number of aromatic amines is 1. The highest BCUT2D eigenvalue weighted by molar-refractivity contribution is 6.32. The SMILES string of the molecule is O=C(Nc1ccc(N2CCN(c3ncccc3Cl)CC2)nc1)c1[nH]c(-c2ccccc2)cc1C(F)(F)F. The average Bonchev–Trinajstić information content (AvgIpc) is 3.37. The summed E-state index contributed by atoms with van der Waals surface area (Å²) >= 11 is 6.25. The maximum absolute atomic E-state index is 13.7. The molecule has 4 heterocycles. The lowest BCUT2D eigenvalue weighted by molar-refractivity contribution is -0.137. The molecule has 1 aliphatic rings. The van der Waals surface area contributed by atoms with Crippen LogP contribution in [0.25, 0.3) is 11.3 Å². The van der Waals surface area contributed by atoms with E-state index in [1.54, 1.807) is 60.8 Å². The first-order valence-corrected chi connectivity index (χ1v) is 11.9. The zero-order valence-corrected chi connectivity index (χ0v) is 20.2. The first kappa shape index (κ1) is 24.6. The Morgan fingerprint density at radius 1 is 0.946 bits per heavy atom. The van der Waals surface area contributed by atoms with E-state index in [1.165, 1.54) is 6.20 Å². The molecule has 0 spiro atoms. The maximum Gasteiger partial charge on any atom is 0.418 e. The van der Waals surface area contributed by atoms with Gasteiger partial charge in [-0.05, 0) is 35.9 Å². The zero-order valence-electron chi connectivity index (χ0n) is 19.5. The molecular weight excluding hydrogens is 505 g/mol. The fourth-order valence-corrected chi connectivity index (χ4v) is 4.47. The van der Waals surface area contributed by atoms with Gasteiger partial charge < -0.3 is 20.1 Å². The van der Waals surface area contributed by atoms with Crippen LogP contribution in [0.15, 0.2) is 73.1 Å². The molecule has 1 amide bonds. The Balaban J connectivity index is 1.27. The van der Waals surface area contributed by atoms with Gasteiger partial charge in [0.1, 0.15) is 17.3 Å². The number of hydrogen-bond donors (Lipinski definition) is 2. The molecule has 3 aromatic heterocycles. The molecule has 0 bridgehead atoms. The number of H-pyrrole nitrogens is 1. The number of benzene rings is 1. The average molecular weight is 527 g/mol. The molecular formula is C26H22ClF3N6O. The third-order valence-electron chi connectivity index (χ3n) is 6.08. The molecule has 11 heteroatoms. The van der Waals surface area contributed by atoms with Crippen molar-refractivity contribution in [3.05, 3.63) is 89.3 Å². The van der Waals surface area contributed by atoms with Crippen LogP contribution in [0.5, 0.6) is 0 Å². The van der Waals surface area contributed by atoms with Gasteiger partial charge in [-0.15, -0.1) is 0 Å². The first-order valence-electron chi connectivity index (χ1n) is 11.5. The lowest BCUT2D eigenvalue weighted by Crippen LogP contribution is -2.47. The predicted molar refractivity (Wildman–Crippen MR) is 137 cm³/mol. The van der Waals surface area contributed by atoms with Crippen LogP contribution in [0.4, 0.5) is 30.5 Å². The van der Waals surface area contributed by atoms with Gasteiger partial charge in [0, 0.05) is 38.1 Å². The normalized spacial score (nSPS) is 14.1. The number of alkyl halides is 3. The van der Waals surface area contributed by atoms with E-state index in [0.29, 0.717) is 42.6 Å². The number of hydrogen-bond acceptors (Lipinski definition) is 5. The minimum Gasteiger partial charge on any atom is -0.353 e. The van der Waals surface area contributed by atoms with Crippen LogP contribution in [-0.4, -0.2) is 47.0 Å². The number of halogens is 4. The minimum absolute atomic E-state index is 0.206. The Morgan fingerprint density at radius 2 is 1.68 bits per heavy atom. The molecule has 0 radical (unpaired) electrons. The maximum atomic E-state index is 13.7. The number of nitrogens with zero attached hydrogens (tertiary/aromatic N) is 4. The van der Waals surface area contributed by atoms with E-state index in [1.807, 2.05) is 0 Å². The molecule has 1 fully saturated rings. The molecule has 0 unspecified atom stereocenters. The van der Waals surface area contributed by atoms with Crippen molar-refractivity contribution in [2.75, 3.05) is 41.3 Å². The summed E-state index contributed by atoms with van der Waals surface area (Å²) in [6.45, 7) is 2.78. The Morgan fingerprint density at radius 3 is 2.32 bits per heavy atom. The van der Waals surface area contributed by atoms with Gasteiger partial charge in [0.2, 0.25) is 0 Å². The summed E-state index contributed by atoms with van der Waals surface area (Å²) in [5, 5.41) is 3.12. The molecule has 0 aliphatic carbocycles. The van der Waals surface area contributed by atoms with Crippen LogP contribution in [0.2, 0.25) is 5.02 Å². The molecule has 1 saturated heterocycles. The van der Waals surface area contributed by atoms with Crippen molar-refractivity contribution in [2.24, 2.45) is 0 Å². The van der Waals surface area contributed by atoms with E-state index in [-0.39, 0.29) is 11.4 Å². The van der Waals surface area contributed by atoms with Gasteiger partial charge in [-0.3, -0.25) is 4.79 Å². The second kappa shape index (κ2) is 10.1. The number of rotatable bonds is 5. The van der Waals surface area contributed by atoms with Crippen LogP contribution >= 0.6 is 11.6 Å². The van der Waals surface area contributed by atoms with E-state index in [2.05, 4.69) is 30.1 Å². The number of nitrogens with one attached hydrogen (secondary N) is 2. The van der Waals surface area contributed by atoms with Gasteiger partial charge in [-0.25, -0.2) is 9.97 Å². The standard InChI is InChI=1S/C26H22ClF3N6O/c27-20-7-4-10-31-24(20)36-13-11-35(12-14-36)22-9-8-18(16-32-22)33-25(37)23-19(26(28,29)30)15-21(34-23)17-5-2-1-3-6-17/h1-10,15-16,34H,11-14H2,(H,33,37). The summed E-state index contributed by atoms with van der Waals surface area (Å²) in [4.78, 5) is 28.4. The fraction of sp³-hybridized carbons (Fsp3) is 0.192. The smallest absolute Gasteiger partial charge is 0.353 e. The number of carbonyl (C=O) groups excluding carboxylic acids is 1. The Kier molecular flexibility index (Phi) is 6.75. The van der Waals surface area contributed by atoms with E-state index < -0.39 is 23.3 Å². The molecule has 190 valence electrons. The zero-order chi connectivity index (χ0) is 26.0. The van der Waals surface area contributed by atoms with Crippen LogP contribution in [0.1, 0.15) is 16.1 Å². The highest BCUT2D eigenvalue weighted by atomic mass is 35.5. The lowest BCUT2D eigenvalue weighted by atomic mass is 10.1. The number of carbonyl (C=O) groups is 1. The second-order valence-corrected chi connectivity index (χ2v) is 8.88. The Bertz CT molecular complexity index is 1380. The summed E-state index contributed by atoms with van der Waals surface area (Å²) in [5.74, 6) is 0.546. The van der Waals surface area contributed by atoms with Gasteiger partial charge in [0.25, 0.3) is 5.91 Å². The highest BCUT2D eigenvalue weighted by Gasteiger charge is 2.37. The highest BCUT2D eigenvalue weighted by Crippen LogP contribution is 2.35. The van der Waals surface area contributed by atoms with Crippen LogP contribution in [0, 0.1) is 0 Å². The van der Waals surface area contributed by atoms with Crippen molar-refractivity contribution in [1.82, 2.24) is 15.0 Å². The summed E-state index contributed by atoms with van der Waals surface area (Å²) in [6, 6.07) is 16.4. The Hall–Kier alpha value is -4.05. The van der Waals surface area contributed by atoms with Gasteiger partial charge in [-0.1, -0.05) is 41.9 Å². The number of aromatic nitrogens is 3. The second-order valence-electron chi connectivity index (χ2n) is 8.48. The van der Waals surface area contributed by atoms with Crippen molar-refractivity contribution in [1.29, 1.82) is 0 Å². The predicted octanol–water partition coefficient (Wildman–Crippen LogP) is 5.72.